The minimum absolute atomic E-state index is 0.00321. The number of nitro groups is 1. The third kappa shape index (κ3) is 4.14. The number of hydrogen-bond donors (Lipinski definition) is 2. The summed E-state index contributed by atoms with van der Waals surface area (Å²) in [6.45, 7) is 5.42. The highest BCUT2D eigenvalue weighted by molar-refractivity contribution is 5.85. The lowest BCUT2D eigenvalue weighted by molar-refractivity contribution is -0.384. The van der Waals surface area contributed by atoms with E-state index < -0.39 is 16.4 Å². The number of aliphatic carboxylic acids is 1. The van der Waals surface area contributed by atoms with Crippen molar-refractivity contribution in [3.63, 3.8) is 0 Å². The van der Waals surface area contributed by atoms with Gasteiger partial charge in [-0.3, -0.25) is 19.7 Å². The first-order chi connectivity index (χ1) is 11.6. The Morgan fingerprint density at radius 3 is 2.60 bits per heavy atom. The van der Waals surface area contributed by atoms with Crippen LogP contribution >= 0.6 is 0 Å². The number of amides is 1. The summed E-state index contributed by atoms with van der Waals surface area (Å²) in [5.41, 5.74) is -0.168. The Kier molecular flexibility index (Phi) is 5.10. The monoisotopic (exact) mass is 347 g/mol. The molecule has 2 N–H and O–H groups in total. The molecule has 2 aromatic rings. The fourth-order valence-electron chi connectivity index (χ4n) is 2.66. The second-order valence-electron chi connectivity index (χ2n) is 6.63. The van der Waals surface area contributed by atoms with Gasteiger partial charge < -0.3 is 15.0 Å². The minimum atomic E-state index is -0.977. The minimum Gasteiger partial charge on any atom is -0.481 e. The maximum absolute atomic E-state index is 12.4. The molecule has 1 aromatic heterocycles. The van der Waals surface area contributed by atoms with E-state index >= 15 is 0 Å². The van der Waals surface area contributed by atoms with Crippen LogP contribution in [-0.2, 0) is 16.1 Å². The topological polar surface area (TPSA) is 114 Å². The molecule has 8 heteroatoms. The Morgan fingerprint density at radius 1 is 1.36 bits per heavy atom. The number of carbonyl (C=O) groups is 2. The maximum Gasteiger partial charge on any atom is 0.305 e. The fourth-order valence-corrected chi connectivity index (χ4v) is 2.66. The first-order valence-electron chi connectivity index (χ1n) is 7.88. The number of carboxylic acid groups (broad SMARTS) is 1. The van der Waals surface area contributed by atoms with Crippen molar-refractivity contribution in [3.05, 3.63) is 40.6 Å². The van der Waals surface area contributed by atoms with E-state index in [4.69, 9.17) is 5.11 Å². The van der Waals surface area contributed by atoms with Crippen molar-refractivity contribution in [2.45, 2.75) is 39.3 Å². The number of nitro benzene ring substituents is 1. The van der Waals surface area contributed by atoms with Crippen molar-refractivity contribution in [1.29, 1.82) is 0 Å². The molecule has 0 saturated heterocycles. The lowest BCUT2D eigenvalue weighted by Gasteiger charge is -2.33. The number of carbonyl (C=O) groups excluding carboxylic acids is 1. The molecule has 0 aliphatic carbocycles. The largest absolute Gasteiger partial charge is 0.481 e. The van der Waals surface area contributed by atoms with Crippen LogP contribution in [0.4, 0.5) is 5.69 Å². The molecule has 0 radical (unpaired) electrons. The van der Waals surface area contributed by atoms with E-state index in [1.807, 2.05) is 13.8 Å². The molecule has 0 spiro atoms. The molecule has 0 aliphatic heterocycles. The third-order valence-electron chi connectivity index (χ3n) is 4.50. The number of non-ortho nitro benzene ring substituents is 1. The second kappa shape index (κ2) is 6.92. The van der Waals surface area contributed by atoms with E-state index in [0.29, 0.717) is 10.9 Å². The van der Waals surface area contributed by atoms with Gasteiger partial charge >= 0.3 is 5.97 Å². The van der Waals surface area contributed by atoms with Crippen LogP contribution in [0.3, 0.4) is 0 Å². The van der Waals surface area contributed by atoms with Gasteiger partial charge in [-0.05, 0) is 25.0 Å². The second-order valence-corrected chi connectivity index (χ2v) is 6.63. The van der Waals surface area contributed by atoms with Gasteiger partial charge in [-0.15, -0.1) is 0 Å². The van der Waals surface area contributed by atoms with Crippen LogP contribution in [0.2, 0.25) is 0 Å². The van der Waals surface area contributed by atoms with Gasteiger partial charge in [0.2, 0.25) is 5.91 Å². The average Bonchev–Trinajstić information content (AvgIpc) is 2.88. The number of nitrogens with zero attached hydrogens (tertiary/aromatic N) is 2. The normalized spacial score (nSPS) is 13.6. The van der Waals surface area contributed by atoms with Gasteiger partial charge in [-0.1, -0.05) is 13.8 Å². The smallest absolute Gasteiger partial charge is 0.305 e. The van der Waals surface area contributed by atoms with Gasteiger partial charge in [0.25, 0.3) is 5.69 Å². The number of benzene rings is 1. The van der Waals surface area contributed by atoms with Crippen LogP contribution < -0.4 is 5.32 Å². The van der Waals surface area contributed by atoms with Crippen LogP contribution in [-0.4, -0.2) is 32.0 Å². The number of nitrogens with one attached hydrogen (secondary N) is 1. The Balaban J connectivity index is 2.18. The molecular weight excluding hydrogens is 326 g/mol. The van der Waals surface area contributed by atoms with E-state index in [0.717, 1.165) is 0 Å². The van der Waals surface area contributed by atoms with Gasteiger partial charge in [-0.25, -0.2) is 0 Å². The first-order valence-corrected chi connectivity index (χ1v) is 7.88. The predicted molar refractivity (Wildman–Crippen MR) is 92.2 cm³/mol. The SMILES string of the molecule is CC(C)C(C)(CC(=O)O)NC(=O)Cn1ccc2cc([N+](=O)[O-])ccc21. The van der Waals surface area contributed by atoms with Gasteiger partial charge in [0, 0.05) is 29.2 Å². The number of fused-ring (bicyclic) bond motifs is 1. The molecule has 1 heterocycles. The molecule has 1 unspecified atom stereocenters. The summed E-state index contributed by atoms with van der Waals surface area (Å²) >= 11 is 0. The Bertz CT molecular complexity index is 827. The standard InChI is InChI=1S/C17H21N3O5/c1-11(2)17(3,9-16(22)23)18-15(21)10-19-7-6-12-8-13(20(24)25)4-5-14(12)19/h4-8,11H,9-10H2,1-3H3,(H,18,21)(H,22,23). The van der Waals surface area contributed by atoms with Crippen molar-refractivity contribution in [1.82, 2.24) is 9.88 Å². The van der Waals surface area contributed by atoms with Gasteiger partial charge in [0.1, 0.15) is 6.54 Å². The summed E-state index contributed by atoms with van der Waals surface area (Å²) in [5, 5.41) is 23.4. The van der Waals surface area contributed by atoms with Gasteiger partial charge in [0.15, 0.2) is 0 Å². The van der Waals surface area contributed by atoms with Crippen LogP contribution in [0.25, 0.3) is 10.9 Å². The van der Waals surface area contributed by atoms with E-state index in [1.165, 1.54) is 12.1 Å². The van der Waals surface area contributed by atoms with Crippen molar-refractivity contribution in [3.8, 4) is 0 Å². The van der Waals surface area contributed by atoms with Crippen molar-refractivity contribution in [2.75, 3.05) is 0 Å². The van der Waals surface area contributed by atoms with Gasteiger partial charge in [-0.2, -0.15) is 0 Å². The lowest BCUT2D eigenvalue weighted by Crippen LogP contribution is -2.52. The van der Waals surface area contributed by atoms with Crippen LogP contribution in [0, 0.1) is 16.0 Å². The molecule has 0 saturated carbocycles. The number of carboxylic acids is 1. The zero-order valence-electron chi connectivity index (χ0n) is 14.4. The zero-order valence-corrected chi connectivity index (χ0v) is 14.4. The summed E-state index contributed by atoms with van der Waals surface area (Å²) in [5.74, 6) is -1.35. The molecule has 1 aromatic carbocycles. The van der Waals surface area contributed by atoms with E-state index in [2.05, 4.69) is 5.32 Å². The van der Waals surface area contributed by atoms with E-state index in [1.54, 1.807) is 29.8 Å². The molecule has 0 fully saturated rings. The number of hydrogen-bond acceptors (Lipinski definition) is 4. The van der Waals surface area contributed by atoms with Crippen LogP contribution in [0.15, 0.2) is 30.5 Å². The predicted octanol–water partition coefficient (Wildman–Crippen LogP) is 2.56. The molecule has 134 valence electrons. The van der Waals surface area contributed by atoms with Crippen LogP contribution in [0.5, 0.6) is 0 Å². The van der Waals surface area contributed by atoms with Crippen molar-refractivity contribution >= 4 is 28.5 Å². The summed E-state index contributed by atoms with van der Waals surface area (Å²) in [4.78, 5) is 33.8. The summed E-state index contributed by atoms with van der Waals surface area (Å²) in [6, 6.07) is 6.14. The highest BCUT2D eigenvalue weighted by Gasteiger charge is 2.32. The van der Waals surface area contributed by atoms with E-state index in [9.17, 15) is 19.7 Å². The number of aromatic nitrogens is 1. The summed E-state index contributed by atoms with van der Waals surface area (Å²) in [7, 11) is 0. The Labute approximate surface area is 144 Å². The molecular formula is C17H21N3O5. The highest BCUT2D eigenvalue weighted by atomic mass is 16.6. The first kappa shape index (κ1) is 18.4. The lowest BCUT2D eigenvalue weighted by atomic mass is 9.85. The molecule has 25 heavy (non-hydrogen) atoms. The maximum atomic E-state index is 12.4. The number of rotatable bonds is 7. The van der Waals surface area contributed by atoms with Crippen molar-refractivity contribution < 1.29 is 19.6 Å². The van der Waals surface area contributed by atoms with Gasteiger partial charge in [0.05, 0.1) is 16.9 Å². The zero-order chi connectivity index (χ0) is 18.8. The summed E-state index contributed by atoms with van der Waals surface area (Å²) in [6.07, 6.45) is 1.51. The molecule has 1 amide bonds. The fraction of sp³-hybridized carbons (Fsp3) is 0.412. The molecule has 2 rings (SSSR count). The third-order valence-corrected chi connectivity index (χ3v) is 4.50. The molecule has 1 atom stereocenters. The molecule has 0 aliphatic rings. The van der Waals surface area contributed by atoms with Crippen LogP contribution in [0.1, 0.15) is 27.2 Å². The van der Waals surface area contributed by atoms with Crippen molar-refractivity contribution in [2.24, 2.45) is 5.92 Å². The quantitative estimate of drug-likeness (QED) is 0.590. The molecule has 8 nitrogen and oxygen atoms in total. The Morgan fingerprint density at radius 2 is 2.04 bits per heavy atom. The summed E-state index contributed by atoms with van der Waals surface area (Å²) < 4.78 is 1.68. The average molecular weight is 347 g/mol. The van der Waals surface area contributed by atoms with E-state index in [-0.39, 0.29) is 30.5 Å². The highest BCUT2D eigenvalue weighted by Crippen LogP contribution is 2.23. The molecule has 0 bridgehead atoms. The Hall–Kier alpha value is -2.90.